The molecule has 0 fully saturated rings. The average Bonchev–Trinajstić information content (AvgIpc) is 2.94. The summed E-state index contributed by atoms with van der Waals surface area (Å²) in [6, 6.07) is 22.4. The lowest BCUT2D eigenvalue weighted by molar-refractivity contribution is -0.136. The smallest absolute Gasteiger partial charge is 0.343 e. The number of carbonyl (C=O) groups is 3. The van der Waals surface area contributed by atoms with E-state index in [1.807, 2.05) is 30.3 Å². The highest BCUT2D eigenvalue weighted by Gasteiger charge is 2.16. The van der Waals surface area contributed by atoms with Crippen LogP contribution in [0.2, 0.25) is 0 Å². The summed E-state index contributed by atoms with van der Waals surface area (Å²) in [5.41, 5.74) is 3.31. The van der Waals surface area contributed by atoms with Crippen molar-refractivity contribution in [2.75, 3.05) is 19.5 Å². The number of hydrazone groups is 1. The molecule has 0 radical (unpaired) electrons. The Morgan fingerprint density at radius 1 is 0.816 bits per heavy atom. The van der Waals surface area contributed by atoms with E-state index in [4.69, 9.17) is 14.2 Å². The summed E-state index contributed by atoms with van der Waals surface area (Å²) in [6.07, 6.45) is 1.27. The van der Waals surface area contributed by atoms with Gasteiger partial charge in [0.1, 0.15) is 5.75 Å². The van der Waals surface area contributed by atoms with Gasteiger partial charge in [-0.25, -0.2) is 10.2 Å². The van der Waals surface area contributed by atoms with E-state index in [9.17, 15) is 14.4 Å². The maximum Gasteiger partial charge on any atom is 0.343 e. The minimum Gasteiger partial charge on any atom is -0.493 e. The molecule has 2 amide bonds. The van der Waals surface area contributed by atoms with Crippen LogP contribution in [-0.4, -0.2) is 38.2 Å². The Balaban J connectivity index is 1.44. The summed E-state index contributed by atoms with van der Waals surface area (Å²) in [5.74, 6) is -1.45. The number of hydrogen-bond acceptors (Lipinski definition) is 7. The Bertz CT molecular complexity index is 1550. The van der Waals surface area contributed by atoms with E-state index < -0.39 is 17.8 Å². The van der Waals surface area contributed by atoms with E-state index in [0.717, 1.165) is 10.8 Å². The number of hydrogen-bond donors (Lipinski definition) is 2. The van der Waals surface area contributed by atoms with Crippen molar-refractivity contribution in [2.24, 2.45) is 5.10 Å². The molecule has 0 saturated heterocycles. The Labute approximate surface area is 226 Å². The molecule has 38 heavy (non-hydrogen) atoms. The lowest BCUT2D eigenvalue weighted by Crippen LogP contribution is -2.32. The summed E-state index contributed by atoms with van der Waals surface area (Å²) in [7, 11) is 2.96. The zero-order valence-electron chi connectivity index (χ0n) is 20.4. The third kappa shape index (κ3) is 6.16. The number of ether oxygens (including phenoxy) is 3. The molecule has 0 unspecified atom stereocenters. The fourth-order valence-electron chi connectivity index (χ4n) is 3.56. The molecule has 0 spiro atoms. The average molecular weight is 576 g/mol. The van der Waals surface area contributed by atoms with Crippen LogP contribution in [0, 0.1) is 0 Å². The van der Waals surface area contributed by atoms with Crippen molar-refractivity contribution in [3.8, 4) is 17.2 Å². The van der Waals surface area contributed by atoms with Crippen LogP contribution < -0.4 is 25.0 Å². The monoisotopic (exact) mass is 575 g/mol. The summed E-state index contributed by atoms with van der Waals surface area (Å²) in [4.78, 5) is 37.5. The first-order valence-electron chi connectivity index (χ1n) is 11.3. The third-order valence-electron chi connectivity index (χ3n) is 5.41. The molecule has 4 aromatic carbocycles. The predicted molar refractivity (Wildman–Crippen MR) is 147 cm³/mol. The summed E-state index contributed by atoms with van der Waals surface area (Å²) in [5, 5.41) is 8.18. The largest absolute Gasteiger partial charge is 0.493 e. The second-order valence-electron chi connectivity index (χ2n) is 7.82. The molecule has 0 aliphatic rings. The summed E-state index contributed by atoms with van der Waals surface area (Å²) in [6.45, 7) is 0. The Morgan fingerprint density at radius 3 is 2.34 bits per heavy atom. The third-order valence-corrected chi connectivity index (χ3v) is 5.90. The number of anilines is 1. The maximum atomic E-state index is 12.8. The molecule has 2 N–H and O–H groups in total. The topological polar surface area (TPSA) is 115 Å². The van der Waals surface area contributed by atoms with Crippen molar-refractivity contribution in [3.63, 3.8) is 0 Å². The first-order chi connectivity index (χ1) is 18.4. The lowest BCUT2D eigenvalue weighted by atomic mass is 10.1. The first-order valence-corrected chi connectivity index (χ1v) is 12.0. The van der Waals surface area contributed by atoms with Crippen LogP contribution in [0.3, 0.4) is 0 Å². The molecule has 0 bridgehead atoms. The molecule has 0 aromatic heterocycles. The van der Waals surface area contributed by atoms with E-state index in [2.05, 4.69) is 31.8 Å². The number of fused-ring (bicyclic) bond motifs is 1. The molecular formula is C28H22BrN3O6. The molecule has 192 valence electrons. The normalized spacial score (nSPS) is 10.7. The number of amides is 2. The first kappa shape index (κ1) is 26.4. The standard InChI is InChI=1S/C28H22BrN3O6/c1-36-24-12-10-18(15-25(24)37-2)28(35)38-23-13-11-20(29)14-19(23)16-30-32-27(34)26(33)31-22-9-5-7-17-6-3-4-8-21(17)22/h3-16H,1-2H3,(H,31,33)(H,32,34)/b30-16-. The number of carbonyl (C=O) groups excluding carboxylic acids is 3. The Kier molecular flexibility index (Phi) is 8.34. The fourth-order valence-corrected chi connectivity index (χ4v) is 3.94. The van der Waals surface area contributed by atoms with Crippen molar-refractivity contribution in [3.05, 3.63) is 94.5 Å². The fraction of sp³-hybridized carbons (Fsp3) is 0.0714. The van der Waals surface area contributed by atoms with E-state index in [-0.39, 0.29) is 11.3 Å². The molecule has 0 saturated carbocycles. The molecule has 0 atom stereocenters. The van der Waals surface area contributed by atoms with Gasteiger partial charge in [-0.2, -0.15) is 5.10 Å². The van der Waals surface area contributed by atoms with Crippen molar-refractivity contribution in [2.45, 2.75) is 0 Å². The van der Waals surface area contributed by atoms with Gasteiger partial charge in [0.25, 0.3) is 0 Å². The van der Waals surface area contributed by atoms with Gasteiger partial charge in [0, 0.05) is 21.1 Å². The molecule has 10 heteroatoms. The van der Waals surface area contributed by atoms with Crippen LogP contribution in [-0.2, 0) is 9.59 Å². The molecule has 0 heterocycles. The Hall–Kier alpha value is -4.70. The molecule has 0 aliphatic carbocycles. The van der Waals surface area contributed by atoms with Crippen molar-refractivity contribution in [1.82, 2.24) is 5.43 Å². The van der Waals surface area contributed by atoms with Gasteiger partial charge in [-0.15, -0.1) is 0 Å². The zero-order chi connectivity index (χ0) is 27.1. The summed E-state index contributed by atoms with van der Waals surface area (Å²) < 4.78 is 16.7. The number of halogens is 1. The highest BCUT2D eigenvalue weighted by molar-refractivity contribution is 9.10. The molecule has 0 aliphatic heterocycles. The number of esters is 1. The Morgan fingerprint density at radius 2 is 1.55 bits per heavy atom. The number of rotatable bonds is 7. The van der Waals surface area contributed by atoms with Gasteiger partial charge in [0.2, 0.25) is 0 Å². The van der Waals surface area contributed by atoms with Crippen LogP contribution in [0.4, 0.5) is 5.69 Å². The number of nitrogens with one attached hydrogen (secondary N) is 2. The van der Waals surface area contributed by atoms with E-state index in [0.29, 0.717) is 27.2 Å². The second-order valence-corrected chi connectivity index (χ2v) is 8.74. The van der Waals surface area contributed by atoms with Gasteiger partial charge < -0.3 is 19.5 Å². The van der Waals surface area contributed by atoms with E-state index in [1.54, 1.807) is 42.5 Å². The maximum absolute atomic E-state index is 12.8. The number of nitrogens with zero attached hydrogens (tertiary/aromatic N) is 1. The molecular weight excluding hydrogens is 554 g/mol. The van der Waals surface area contributed by atoms with Crippen molar-refractivity contribution in [1.29, 1.82) is 0 Å². The quantitative estimate of drug-likeness (QED) is 0.106. The summed E-state index contributed by atoms with van der Waals surface area (Å²) >= 11 is 3.36. The number of methoxy groups -OCH3 is 2. The molecule has 9 nitrogen and oxygen atoms in total. The predicted octanol–water partition coefficient (Wildman–Crippen LogP) is 4.93. The van der Waals surface area contributed by atoms with Crippen LogP contribution in [0.5, 0.6) is 17.2 Å². The van der Waals surface area contributed by atoms with Crippen molar-refractivity contribution < 1.29 is 28.6 Å². The number of benzene rings is 4. The van der Waals surface area contributed by atoms with Gasteiger partial charge in [-0.1, -0.05) is 52.3 Å². The van der Waals surface area contributed by atoms with Gasteiger partial charge in [-0.3, -0.25) is 9.59 Å². The van der Waals surface area contributed by atoms with Gasteiger partial charge in [-0.05, 0) is 47.9 Å². The lowest BCUT2D eigenvalue weighted by Gasteiger charge is -2.11. The zero-order valence-corrected chi connectivity index (χ0v) is 21.9. The van der Waals surface area contributed by atoms with Crippen LogP contribution in [0.1, 0.15) is 15.9 Å². The van der Waals surface area contributed by atoms with E-state index in [1.165, 1.54) is 26.5 Å². The van der Waals surface area contributed by atoms with Crippen LogP contribution >= 0.6 is 15.9 Å². The SMILES string of the molecule is COc1ccc(C(=O)Oc2ccc(Br)cc2/C=N\NC(=O)C(=O)Nc2cccc3ccccc23)cc1OC. The van der Waals surface area contributed by atoms with Crippen molar-refractivity contribution >= 4 is 56.4 Å². The highest BCUT2D eigenvalue weighted by Crippen LogP contribution is 2.29. The second kappa shape index (κ2) is 12.0. The van der Waals surface area contributed by atoms with Gasteiger partial charge in [0.05, 0.1) is 26.0 Å². The van der Waals surface area contributed by atoms with Crippen LogP contribution in [0.25, 0.3) is 10.8 Å². The highest BCUT2D eigenvalue weighted by atomic mass is 79.9. The molecule has 4 rings (SSSR count). The minimum atomic E-state index is -0.965. The van der Waals surface area contributed by atoms with Crippen LogP contribution in [0.15, 0.2) is 88.4 Å². The van der Waals surface area contributed by atoms with Gasteiger partial charge in [0.15, 0.2) is 11.5 Å². The van der Waals surface area contributed by atoms with E-state index >= 15 is 0 Å². The minimum absolute atomic E-state index is 0.186. The molecule has 4 aromatic rings. The van der Waals surface area contributed by atoms with Gasteiger partial charge >= 0.3 is 17.8 Å².